The van der Waals surface area contributed by atoms with Crippen LogP contribution in [0.15, 0.2) is 67.3 Å². The van der Waals surface area contributed by atoms with E-state index < -0.39 is 47.9 Å². The van der Waals surface area contributed by atoms with Crippen LogP contribution in [0.5, 0.6) is 5.75 Å². The van der Waals surface area contributed by atoms with Gasteiger partial charge in [-0.3, -0.25) is 14.4 Å². The number of fused-ring (bicyclic) bond motifs is 1. The number of carbonyl (C=O) groups is 4. The van der Waals surface area contributed by atoms with Crippen LogP contribution in [0.2, 0.25) is 0 Å². The zero-order chi connectivity index (χ0) is 32.5. The van der Waals surface area contributed by atoms with E-state index in [0.717, 1.165) is 16.5 Å². The van der Waals surface area contributed by atoms with Gasteiger partial charge in [-0.15, -0.1) is 0 Å². The van der Waals surface area contributed by atoms with Gasteiger partial charge in [0.2, 0.25) is 17.7 Å². The van der Waals surface area contributed by atoms with Gasteiger partial charge in [0.1, 0.15) is 23.9 Å². The van der Waals surface area contributed by atoms with Gasteiger partial charge in [-0.2, -0.15) is 0 Å². The van der Waals surface area contributed by atoms with Crippen LogP contribution in [0.1, 0.15) is 37.1 Å². The van der Waals surface area contributed by atoms with Crippen molar-refractivity contribution < 1.29 is 29.4 Å². The number of nitrogens with one attached hydrogen (secondary N) is 5. The standard InChI is InChI=1S/C32H39N7O6/c1-3-18(2)28(39-29(41)24(33)13-20-15-35-25-7-5-4-6-23(20)25)31(43)37-26(12-19-8-10-22(40)11-9-19)30(42)38-27(32(44)45)14-21-16-34-17-36-21/h4-11,15-18,24,26-28,35,40H,3,12-14,33H2,1-2H3,(H,34,36)(H,37,43)(H,38,42)(H,39,41)(H,44,45). The third kappa shape index (κ3) is 8.70. The summed E-state index contributed by atoms with van der Waals surface area (Å²) in [6.07, 6.45) is 5.38. The summed E-state index contributed by atoms with van der Waals surface area (Å²) in [5.41, 5.74) is 9.19. The lowest BCUT2D eigenvalue weighted by molar-refractivity contribution is -0.142. The number of hydrogen-bond donors (Lipinski definition) is 8. The monoisotopic (exact) mass is 617 g/mol. The number of hydrogen-bond acceptors (Lipinski definition) is 7. The molecule has 0 fully saturated rings. The second-order valence-electron chi connectivity index (χ2n) is 11.2. The fraction of sp³-hybridized carbons (Fsp3) is 0.344. The maximum Gasteiger partial charge on any atom is 0.326 e. The molecule has 0 spiro atoms. The van der Waals surface area contributed by atoms with Crippen LogP contribution in [0.3, 0.4) is 0 Å². The average molecular weight is 618 g/mol. The summed E-state index contributed by atoms with van der Waals surface area (Å²) in [5.74, 6) is -3.42. The zero-order valence-electron chi connectivity index (χ0n) is 25.1. The Bertz CT molecular complexity index is 1600. The van der Waals surface area contributed by atoms with E-state index in [0.29, 0.717) is 17.7 Å². The van der Waals surface area contributed by atoms with Crippen molar-refractivity contribution in [3.8, 4) is 5.75 Å². The summed E-state index contributed by atoms with van der Waals surface area (Å²) in [7, 11) is 0. The third-order valence-electron chi connectivity index (χ3n) is 7.85. The molecule has 0 aliphatic carbocycles. The van der Waals surface area contributed by atoms with Gasteiger partial charge >= 0.3 is 5.97 Å². The minimum Gasteiger partial charge on any atom is -0.508 e. The Hall–Kier alpha value is -5.17. The van der Waals surface area contributed by atoms with E-state index in [4.69, 9.17) is 5.73 Å². The molecule has 5 unspecified atom stereocenters. The fourth-order valence-electron chi connectivity index (χ4n) is 5.02. The number of carboxylic acids is 1. The number of benzene rings is 2. The molecule has 9 N–H and O–H groups in total. The molecule has 2 aromatic heterocycles. The number of imidazole rings is 1. The molecular weight excluding hydrogens is 578 g/mol. The van der Waals surface area contributed by atoms with Crippen molar-refractivity contribution in [1.82, 2.24) is 30.9 Å². The lowest BCUT2D eigenvalue weighted by atomic mass is 9.96. The summed E-state index contributed by atoms with van der Waals surface area (Å²) in [4.78, 5) is 62.3. The zero-order valence-corrected chi connectivity index (χ0v) is 25.1. The minimum absolute atomic E-state index is 0.00446. The van der Waals surface area contributed by atoms with Gasteiger partial charge in [0.15, 0.2) is 0 Å². The van der Waals surface area contributed by atoms with Gasteiger partial charge < -0.3 is 41.9 Å². The Balaban J connectivity index is 1.50. The molecule has 0 radical (unpaired) electrons. The van der Waals surface area contributed by atoms with E-state index in [-0.39, 0.29) is 30.9 Å². The molecule has 0 bridgehead atoms. The summed E-state index contributed by atoms with van der Waals surface area (Å²) < 4.78 is 0. The minimum atomic E-state index is -1.30. The van der Waals surface area contributed by atoms with Crippen molar-refractivity contribution in [1.29, 1.82) is 0 Å². The second-order valence-corrected chi connectivity index (χ2v) is 11.2. The first-order valence-electron chi connectivity index (χ1n) is 14.7. The number of aromatic hydroxyl groups is 1. The molecule has 4 rings (SSSR count). The van der Waals surface area contributed by atoms with Gasteiger partial charge in [-0.1, -0.05) is 50.6 Å². The van der Waals surface area contributed by atoms with Gasteiger partial charge in [0.05, 0.1) is 12.4 Å². The maximum absolute atomic E-state index is 13.7. The van der Waals surface area contributed by atoms with Crippen LogP contribution >= 0.6 is 0 Å². The topological polar surface area (TPSA) is 215 Å². The Morgan fingerprint density at radius 3 is 2.27 bits per heavy atom. The Kier molecular flexibility index (Phi) is 10.9. The summed E-state index contributed by atoms with van der Waals surface area (Å²) in [5, 5.41) is 28.4. The molecule has 238 valence electrons. The number of nitrogens with zero attached hydrogens (tertiary/aromatic N) is 1. The number of nitrogens with two attached hydrogens (primary N) is 1. The first-order chi connectivity index (χ1) is 21.5. The number of phenolic OH excluding ortho intramolecular Hbond substituents is 1. The largest absolute Gasteiger partial charge is 0.508 e. The highest BCUT2D eigenvalue weighted by Crippen LogP contribution is 2.19. The lowest BCUT2D eigenvalue weighted by Crippen LogP contribution is -2.59. The van der Waals surface area contributed by atoms with Crippen molar-refractivity contribution in [3.05, 3.63) is 84.1 Å². The molecule has 5 atom stereocenters. The highest BCUT2D eigenvalue weighted by molar-refractivity contribution is 5.94. The van der Waals surface area contributed by atoms with Crippen LogP contribution in [-0.2, 0) is 38.4 Å². The SMILES string of the molecule is CCC(C)C(NC(=O)C(N)Cc1c[nH]c2ccccc12)C(=O)NC(Cc1ccc(O)cc1)C(=O)NC(Cc1cnc[nH]1)C(=O)O. The molecular formula is C32H39N7O6. The number of carboxylic acid groups (broad SMARTS) is 1. The number of rotatable bonds is 15. The summed E-state index contributed by atoms with van der Waals surface area (Å²) in [6, 6.07) is 9.28. The van der Waals surface area contributed by atoms with E-state index in [1.54, 1.807) is 25.3 Å². The van der Waals surface area contributed by atoms with Crippen LogP contribution < -0.4 is 21.7 Å². The highest BCUT2D eigenvalue weighted by atomic mass is 16.4. The number of aliphatic carboxylic acids is 1. The van der Waals surface area contributed by atoms with Gasteiger partial charge in [0.25, 0.3) is 0 Å². The van der Waals surface area contributed by atoms with Crippen molar-refractivity contribution in [2.45, 2.75) is 63.7 Å². The molecule has 2 aromatic carbocycles. The lowest BCUT2D eigenvalue weighted by Gasteiger charge is -2.28. The normalized spacial score (nSPS) is 14.6. The summed E-state index contributed by atoms with van der Waals surface area (Å²) in [6.45, 7) is 3.67. The number of aromatic amines is 2. The number of H-pyrrole nitrogens is 2. The fourth-order valence-corrected chi connectivity index (χ4v) is 5.02. The molecule has 0 saturated heterocycles. The number of aromatic nitrogens is 3. The van der Waals surface area contributed by atoms with Crippen molar-refractivity contribution in [2.75, 3.05) is 0 Å². The second kappa shape index (κ2) is 15.0. The molecule has 13 nitrogen and oxygen atoms in total. The Labute approximate surface area is 260 Å². The number of phenols is 1. The van der Waals surface area contributed by atoms with Crippen LogP contribution in [0.4, 0.5) is 0 Å². The molecule has 3 amide bonds. The van der Waals surface area contributed by atoms with Crippen molar-refractivity contribution in [3.63, 3.8) is 0 Å². The molecule has 4 aromatic rings. The van der Waals surface area contributed by atoms with Crippen molar-refractivity contribution >= 4 is 34.6 Å². The van der Waals surface area contributed by atoms with Gasteiger partial charge in [0, 0.05) is 41.8 Å². The first kappa shape index (κ1) is 32.7. The van der Waals surface area contributed by atoms with Crippen LogP contribution in [0, 0.1) is 5.92 Å². The molecule has 45 heavy (non-hydrogen) atoms. The van der Waals surface area contributed by atoms with Crippen molar-refractivity contribution in [2.24, 2.45) is 11.7 Å². The Morgan fingerprint density at radius 1 is 0.889 bits per heavy atom. The van der Waals surface area contributed by atoms with E-state index in [9.17, 15) is 29.4 Å². The highest BCUT2D eigenvalue weighted by Gasteiger charge is 2.33. The molecule has 13 heteroatoms. The molecule has 2 heterocycles. The van der Waals surface area contributed by atoms with E-state index in [1.165, 1.54) is 24.7 Å². The quantitative estimate of drug-likeness (QED) is 0.0977. The molecule has 0 aliphatic heterocycles. The maximum atomic E-state index is 13.7. The average Bonchev–Trinajstić information content (AvgIpc) is 3.69. The third-order valence-corrected chi connectivity index (χ3v) is 7.85. The van der Waals surface area contributed by atoms with Gasteiger partial charge in [-0.05, 0) is 41.7 Å². The molecule has 0 aliphatic rings. The predicted octanol–water partition coefficient (Wildman–Crippen LogP) is 1.54. The Morgan fingerprint density at radius 2 is 1.60 bits per heavy atom. The van der Waals surface area contributed by atoms with Gasteiger partial charge in [-0.25, -0.2) is 9.78 Å². The first-order valence-corrected chi connectivity index (χ1v) is 14.7. The number of carbonyl (C=O) groups excluding carboxylic acids is 3. The van der Waals surface area contributed by atoms with Crippen LogP contribution in [0.25, 0.3) is 10.9 Å². The van der Waals surface area contributed by atoms with E-state index >= 15 is 0 Å². The number of para-hydroxylation sites is 1. The number of amides is 3. The predicted molar refractivity (Wildman–Crippen MR) is 167 cm³/mol. The van der Waals surface area contributed by atoms with E-state index in [1.807, 2.05) is 31.2 Å². The van der Waals surface area contributed by atoms with Crippen LogP contribution in [-0.4, -0.2) is 73.0 Å². The van der Waals surface area contributed by atoms with E-state index in [2.05, 4.69) is 30.9 Å². The summed E-state index contributed by atoms with van der Waals surface area (Å²) >= 11 is 0. The molecule has 0 saturated carbocycles. The smallest absolute Gasteiger partial charge is 0.326 e.